The van der Waals surface area contributed by atoms with Crippen LogP contribution in [0.15, 0.2) is 24.3 Å². The predicted octanol–water partition coefficient (Wildman–Crippen LogP) is 0.632. The molecule has 0 aliphatic carbocycles. The molecule has 0 saturated heterocycles. The summed E-state index contributed by atoms with van der Waals surface area (Å²) in [4.78, 5) is 23.1. The summed E-state index contributed by atoms with van der Waals surface area (Å²) in [6, 6.07) is 5.59. The number of hydrogen-bond donors (Lipinski definition) is 2. The van der Waals surface area contributed by atoms with Gasteiger partial charge in [-0.05, 0) is 24.1 Å². The first kappa shape index (κ1) is 19.0. The Balaban J connectivity index is 2.61. The van der Waals surface area contributed by atoms with E-state index in [-0.39, 0.29) is 24.3 Å². The minimum absolute atomic E-state index is 0.00824. The van der Waals surface area contributed by atoms with Gasteiger partial charge < -0.3 is 15.2 Å². The molecule has 1 atom stereocenters. The standard InChI is InChI=1S/C15H21NO6S/c1-3-23(20,21)9-8-13(15(18)19)16-14(17)10-11-4-6-12(22-2)7-5-11/h4-7,13H,3,8-10H2,1-2H3,(H,16,17)(H,18,19). The Kier molecular flexibility index (Phi) is 7.02. The molecule has 23 heavy (non-hydrogen) atoms. The van der Waals surface area contributed by atoms with Crippen molar-refractivity contribution in [3.05, 3.63) is 29.8 Å². The molecule has 0 aliphatic rings. The fourth-order valence-corrected chi connectivity index (χ4v) is 2.76. The highest BCUT2D eigenvalue weighted by molar-refractivity contribution is 7.91. The lowest BCUT2D eigenvalue weighted by Gasteiger charge is -2.14. The topological polar surface area (TPSA) is 110 Å². The van der Waals surface area contributed by atoms with Gasteiger partial charge in [-0.15, -0.1) is 0 Å². The molecule has 1 rings (SSSR count). The number of carboxylic acid groups (broad SMARTS) is 1. The third-order valence-electron chi connectivity index (χ3n) is 3.31. The van der Waals surface area contributed by atoms with Crippen LogP contribution in [0.4, 0.5) is 0 Å². The van der Waals surface area contributed by atoms with Crippen LogP contribution in [0.1, 0.15) is 18.9 Å². The van der Waals surface area contributed by atoms with Crippen LogP contribution in [0.2, 0.25) is 0 Å². The van der Waals surface area contributed by atoms with Gasteiger partial charge in [0.1, 0.15) is 21.6 Å². The van der Waals surface area contributed by atoms with Crippen LogP contribution < -0.4 is 10.1 Å². The quantitative estimate of drug-likeness (QED) is 0.681. The van der Waals surface area contributed by atoms with Gasteiger partial charge in [-0.2, -0.15) is 0 Å². The molecule has 7 nitrogen and oxygen atoms in total. The molecule has 1 amide bonds. The summed E-state index contributed by atoms with van der Waals surface area (Å²) in [6.45, 7) is 1.49. The van der Waals surface area contributed by atoms with Gasteiger partial charge >= 0.3 is 5.97 Å². The lowest BCUT2D eigenvalue weighted by Crippen LogP contribution is -2.42. The lowest BCUT2D eigenvalue weighted by molar-refractivity contribution is -0.141. The Morgan fingerprint density at radius 1 is 1.26 bits per heavy atom. The number of methoxy groups -OCH3 is 1. The molecule has 128 valence electrons. The van der Waals surface area contributed by atoms with Gasteiger partial charge in [0.15, 0.2) is 0 Å². The molecule has 0 saturated carbocycles. The van der Waals surface area contributed by atoms with Crippen molar-refractivity contribution in [3.63, 3.8) is 0 Å². The summed E-state index contributed by atoms with van der Waals surface area (Å²) >= 11 is 0. The van der Waals surface area contributed by atoms with Crippen LogP contribution in [0, 0.1) is 0 Å². The number of rotatable bonds is 9. The minimum atomic E-state index is -3.28. The van der Waals surface area contributed by atoms with E-state index in [9.17, 15) is 18.0 Å². The Morgan fingerprint density at radius 3 is 2.35 bits per heavy atom. The molecule has 0 bridgehead atoms. The zero-order valence-electron chi connectivity index (χ0n) is 13.1. The lowest BCUT2D eigenvalue weighted by atomic mass is 10.1. The van der Waals surface area contributed by atoms with E-state index < -0.39 is 27.8 Å². The van der Waals surface area contributed by atoms with Crippen molar-refractivity contribution in [3.8, 4) is 5.75 Å². The average Bonchev–Trinajstić information content (AvgIpc) is 2.52. The summed E-state index contributed by atoms with van der Waals surface area (Å²) in [5, 5.41) is 11.5. The van der Waals surface area contributed by atoms with E-state index in [4.69, 9.17) is 9.84 Å². The second-order valence-electron chi connectivity index (χ2n) is 5.01. The number of carbonyl (C=O) groups is 2. The fourth-order valence-electron chi connectivity index (χ4n) is 1.87. The van der Waals surface area contributed by atoms with Gasteiger partial charge in [-0.25, -0.2) is 13.2 Å². The Bertz CT molecular complexity index is 638. The molecule has 1 aromatic rings. The summed E-state index contributed by atoms with van der Waals surface area (Å²) < 4.78 is 27.9. The number of nitrogens with one attached hydrogen (secondary N) is 1. The van der Waals surface area contributed by atoms with Crippen LogP contribution in [-0.4, -0.2) is 50.1 Å². The van der Waals surface area contributed by atoms with Gasteiger partial charge in [0, 0.05) is 5.75 Å². The van der Waals surface area contributed by atoms with E-state index in [2.05, 4.69) is 5.32 Å². The maximum Gasteiger partial charge on any atom is 0.326 e. The molecular formula is C15H21NO6S. The SMILES string of the molecule is CCS(=O)(=O)CCC(NC(=O)Cc1ccc(OC)cc1)C(=O)O. The zero-order valence-corrected chi connectivity index (χ0v) is 13.9. The average molecular weight is 343 g/mol. The molecule has 1 aromatic carbocycles. The molecule has 0 heterocycles. The summed E-state index contributed by atoms with van der Waals surface area (Å²) in [5.74, 6) is -1.40. The van der Waals surface area contributed by atoms with Crippen molar-refractivity contribution in [2.24, 2.45) is 0 Å². The fraction of sp³-hybridized carbons (Fsp3) is 0.467. The second-order valence-corrected chi connectivity index (χ2v) is 7.48. The third-order valence-corrected chi connectivity index (χ3v) is 5.05. The van der Waals surface area contributed by atoms with E-state index in [1.807, 2.05) is 0 Å². The van der Waals surface area contributed by atoms with Crippen molar-refractivity contribution in [2.75, 3.05) is 18.6 Å². The Morgan fingerprint density at radius 2 is 1.87 bits per heavy atom. The van der Waals surface area contributed by atoms with E-state index in [1.165, 1.54) is 14.0 Å². The number of benzene rings is 1. The van der Waals surface area contributed by atoms with Gasteiger partial charge in [0.25, 0.3) is 0 Å². The predicted molar refractivity (Wildman–Crippen MR) is 85.2 cm³/mol. The van der Waals surface area contributed by atoms with Gasteiger partial charge in [-0.1, -0.05) is 19.1 Å². The minimum Gasteiger partial charge on any atom is -0.497 e. The van der Waals surface area contributed by atoms with Gasteiger partial charge in [-0.3, -0.25) is 4.79 Å². The highest BCUT2D eigenvalue weighted by Gasteiger charge is 2.22. The van der Waals surface area contributed by atoms with Crippen molar-refractivity contribution in [1.82, 2.24) is 5.32 Å². The van der Waals surface area contributed by atoms with Crippen LogP contribution in [0.3, 0.4) is 0 Å². The monoisotopic (exact) mass is 343 g/mol. The highest BCUT2D eigenvalue weighted by Crippen LogP contribution is 2.11. The number of carbonyl (C=O) groups excluding carboxylic acids is 1. The van der Waals surface area contributed by atoms with Crippen molar-refractivity contribution in [2.45, 2.75) is 25.8 Å². The molecule has 0 aliphatic heterocycles. The van der Waals surface area contributed by atoms with E-state index in [0.29, 0.717) is 11.3 Å². The first-order valence-electron chi connectivity index (χ1n) is 7.13. The van der Waals surface area contributed by atoms with E-state index in [0.717, 1.165) is 0 Å². The zero-order chi connectivity index (χ0) is 17.5. The Hall–Kier alpha value is -2.09. The smallest absolute Gasteiger partial charge is 0.326 e. The molecular weight excluding hydrogens is 322 g/mol. The molecule has 1 unspecified atom stereocenters. The molecule has 0 aromatic heterocycles. The molecule has 0 fully saturated rings. The maximum absolute atomic E-state index is 11.9. The van der Waals surface area contributed by atoms with Crippen LogP contribution >= 0.6 is 0 Å². The van der Waals surface area contributed by atoms with Crippen LogP contribution in [0.5, 0.6) is 5.75 Å². The van der Waals surface area contributed by atoms with Crippen LogP contribution in [0.25, 0.3) is 0 Å². The molecule has 8 heteroatoms. The van der Waals surface area contributed by atoms with Crippen molar-refractivity contribution < 1.29 is 27.9 Å². The maximum atomic E-state index is 11.9. The summed E-state index contributed by atoms with van der Waals surface area (Å²) in [5.41, 5.74) is 0.702. The normalized spacial score (nSPS) is 12.4. The largest absolute Gasteiger partial charge is 0.497 e. The number of ether oxygens (including phenoxy) is 1. The first-order valence-corrected chi connectivity index (χ1v) is 8.95. The summed E-state index contributed by atoms with van der Waals surface area (Å²) in [7, 11) is -1.75. The number of carboxylic acids is 1. The molecule has 0 radical (unpaired) electrons. The number of hydrogen-bond acceptors (Lipinski definition) is 5. The van der Waals surface area contributed by atoms with E-state index in [1.54, 1.807) is 24.3 Å². The summed E-state index contributed by atoms with van der Waals surface area (Å²) in [6.07, 6.45) is -0.145. The van der Waals surface area contributed by atoms with Crippen molar-refractivity contribution >= 4 is 21.7 Å². The highest BCUT2D eigenvalue weighted by atomic mass is 32.2. The number of sulfone groups is 1. The van der Waals surface area contributed by atoms with Crippen LogP contribution in [-0.2, 0) is 25.8 Å². The van der Waals surface area contributed by atoms with Gasteiger partial charge in [0.2, 0.25) is 5.91 Å². The van der Waals surface area contributed by atoms with Gasteiger partial charge in [0.05, 0.1) is 19.3 Å². The first-order chi connectivity index (χ1) is 10.8. The number of amides is 1. The number of aliphatic carboxylic acids is 1. The third kappa shape index (κ3) is 6.68. The molecule has 2 N–H and O–H groups in total. The van der Waals surface area contributed by atoms with Crippen molar-refractivity contribution in [1.29, 1.82) is 0 Å². The second kappa shape index (κ2) is 8.52. The van der Waals surface area contributed by atoms with E-state index >= 15 is 0 Å². The molecule has 0 spiro atoms. The Labute approximate surface area is 135 Å².